The van der Waals surface area contributed by atoms with Crippen LogP contribution in [0.3, 0.4) is 0 Å². The van der Waals surface area contributed by atoms with Gasteiger partial charge in [-0.2, -0.15) is 5.01 Å². The van der Waals surface area contributed by atoms with Gasteiger partial charge in [0.25, 0.3) is 0 Å². The van der Waals surface area contributed by atoms with Crippen molar-refractivity contribution in [3.05, 3.63) is 108 Å². The zero-order valence-corrected chi connectivity index (χ0v) is 16.8. The van der Waals surface area contributed by atoms with Crippen molar-refractivity contribution in [3.63, 3.8) is 0 Å². The molecule has 5 nitrogen and oxygen atoms in total. The van der Waals surface area contributed by atoms with Gasteiger partial charge < -0.3 is 0 Å². The first-order valence-electron chi connectivity index (χ1n) is 9.68. The van der Waals surface area contributed by atoms with Crippen LogP contribution in [0.15, 0.2) is 96.1 Å². The number of hydrazone groups is 1. The third kappa shape index (κ3) is 3.53. The summed E-state index contributed by atoms with van der Waals surface area (Å²) in [5.74, 6) is -0.0103. The van der Waals surface area contributed by atoms with Gasteiger partial charge in [0, 0.05) is 30.5 Å². The van der Waals surface area contributed by atoms with E-state index in [-0.39, 0.29) is 11.8 Å². The summed E-state index contributed by atoms with van der Waals surface area (Å²) < 4.78 is 0. The molecule has 0 saturated heterocycles. The van der Waals surface area contributed by atoms with E-state index in [1.165, 1.54) is 18.9 Å². The average molecular weight is 395 g/mol. The molecule has 3 aromatic rings. The van der Waals surface area contributed by atoms with Crippen LogP contribution in [0.25, 0.3) is 11.4 Å². The van der Waals surface area contributed by atoms with Gasteiger partial charge in [-0.3, -0.25) is 14.5 Å². The van der Waals surface area contributed by atoms with Crippen LogP contribution < -0.4 is 0 Å². The first-order chi connectivity index (χ1) is 14.6. The summed E-state index contributed by atoms with van der Waals surface area (Å²) >= 11 is 0. The van der Waals surface area contributed by atoms with Gasteiger partial charge in [0.2, 0.25) is 11.8 Å². The van der Waals surface area contributed by atoms with Crippen molar-refractivity contribution in [1.82, 2.24) is 9.91 Å². The highest BCUT2D eigenvalue weighted by Crippen LogP contribution is 2.37. The van der Waals surface area contributed by atoms with Crippen molar-refractivity contribution >= 4 is 29.0 Å². The summed E-state index contributed by atoms with van der Waals surface area (Å²) in [6, 6.07) is 28.6. The minimum atomic E-state index is -0.237. The summed E-state index contributed by atoms with van der Waals surface area (Å²) in [5, 5.41) is 6.02. The molecule has 4 rings (SSSR count). The second-order valence-electron chi connectivity index (χ2n) is 6.90. The Morgan fingerprint density at radius 1 is 0.600 bits per heavy atom. The van der Waals surface area contributed by atoms with Crippen LogP contribution in [0.4, 0.5) is 0 Å². The van der Waals surface area contributed by atoms with E-state index < -0.39 is 0 Å². The number of hydrogen-bond acceptors (Lipinski definition) is 3. The van der Waals surface area contributed by atoms with Gasteiger partial charge in [-0.25, -0.2) is 0 Å². The van der Waals surface area contributed by atoms with E-state index >= 15 is 0 Å². The van der Waals surface area contributed by atoms with Crippen molar-refractivity contribution in [1.29, 1.82) is 0 Å². The summed E-state index contributed by atoms with van der Waals surface area (Å²) in [6.45, 7) is 2.98. The zero-order chi connectivity index (χ0) is 21.1. The third-order valence-corrected chi connectivity index (χ3v) is 4.81. The molecular weight excluding hydrogens is 374 g/mol. The minimum Gasteiger partial charge on any atom is -0.274 e. The van der Waals surface area contributed by atoms with Crippen molar-refractivity contribution in [2.45, 2.75) is 13.8 Å². The molecule has 0 unspecified atom stereocenters. The fraction of sp³-hybridized carbons (Fsp3) is 0.0800. The third-order valence-electron chi connectivity index (χ3n) is 4.81. The van der Waals surface area contributed by atoms with E-state index in [1.807, 2.05) is 91.0 Å². The molecule has 0 atom stereocenters. The van der Waals surface area contributed by atoms with Crippen LogP contribution in [0.1, 0.15) is 30.5 Å². The topological polar surface area (TPSA) is 53.0 Å². The van der Waals surface area contributed by atoms with Gasteiger partial charge in [0.15, 0.2) is 5.84 Å². The Kier molecular flexibility index (Phi) is 5.26. The van der Waals surface area contributed by atoms with Gasteiger partial charge in [0.1, 0.15) is 5.70 Å². The van der Waals surface area contributed by atoms with Gasteiger partial charge in [0.05, 0.1) is 5.70 Å². The molecule has 1 aliphatic heterocycles. The van der Waals surface area contributed by atoms with Crippen LogP contribution >= 0.6 is 0 Å². The quantitative estimate of drug-likeness (QED) is 0.652. The van der Waals surface area contributed by atoms with Crippen molar-refractivity contribution in [2.24, 2.45) is 5.10 Å². The van der Waals surface area contributed by atoms with E-state index in [4.69, 9.17) is 0 Å². The van der Waals surface area contributed by atoms with Crippen LogP contribution in [0, 0.1) is 0 Å². The summed E-state index contributed by atoms with van der Waals surface area (Å²) in [7, 11) is 0. The lowest BCUT2D eigenvalue weighted by Gasteiger charge is -2.36. The first kappa shape index (κ1) is 19.3. The highest BCUT2D eigenvalue weighted by molar-refractivity contribution is 6.18. The van der Waals surface area contributed by atoms with Gasteiger partial charge in [-0.1, -0.05) is 91.0 Å². The highest BCUT2D eigenvalue weighted by Gasteiger charge is 2.35. The first-order valence-corrected chi connectivity index (χ1v) is 9.68. The molecule has 0 N–H and O–H groups in total. The Balaban J connectivity index is 2.06. The number of rotatable bonds is 3. The molecule has 1 heterocycles. The monoisotopic (exact) mass is 395 g/mol. The molecule has 30 heavy (non-hydrogen) atoms. The maximum atomic E-state index is 12.9. The molecule has 0 radical (unpaired) electrons. The smallest absolute Gasteiger partial charge is 0.244 e. The van der Waals surface area contributed by atoms with Crippen molar-refractivity contribution < 1.29 is 9.59 Å². The second-order valence-corrected chi connectivity index (χ2v) is 6.90. The second kappa shape index (κ2) is 8.17. The largest absolute Gasteiger partial charge is 0.274 e. The average Bonchev–Trinajstić information content (AvgIpc) is 2.79. The molecule has 5 heteroatoms. The lowest BCUT2D eigenvalue weighted by Crippen LogP contribution is -2.42. The number of amidine groups is 1. The summed E-state index contributed by atoms with van der Waals surface area (Å²) in [5.41, 5.74) is 3.57. The molecule has 2 amide bonds. The molecule has 0 saturated carbocycles. The summed E-state index contributed by atoms with van der Waals surface area (Å²) in [6.07, 6.45) is 0. The van der Waals surface area contributed by atoms with Gasteiger partial charge in [-0.15, -0.1) is 5.10 Å². The predicted molar refractivity (Wildman–Crippen MR) is 118 cm³/mol. The molecule has 0 fully saturated rings. The molecule has 0 bridgehead atoms. The fourth-order valence-electron chi connectivity index (χ4n) is 3.53. The normalized spacial score (nSPS) is 13.9. The number of carbonyl (C=O) groups is 2. The van der Waals surface area contributed by atoms with Crippen LogP contribution in [-0.4, -0.2) is 27.6 Å². The van der Waals surface area contributed by atoms with Gasteiger partial charge in [-0.05, 0) is 0 Å². The van der Waals surface area contributed by atoms with Crippen LogP contribution in [-0.2, 0) is 9.59 Å². The number of nitrogens with zero attached hydrogens (tertiary/aromatic N) is 3. The maximum absolute atomic E-state index is 12.9. The van der Waals surface area contributed by atoms with E-state index in [9.17, 15) is 9.59 Å². The van der Waals surface area contributed by atoms with Crippen molar-refractivity contribution in [3.8, 4) is 0 Å². The number of carbonyl (C=O) groups excluding carboxylic acids is 2. The van der Waals surface area contributed by atoms with Crippen LogP contribution in [0.2, 0.25) is 0 Å². The standard InChI is InChI=1S/C25H21N3O2/c1-18(29)27-23(20-12-6-3-7-13-20)24(21-14-8-4-9-15-21)28(19(2)30)26-25(27)22-16-10-5-11-17-22/h3-17H,1-2H3. The molecule has 1 aliphatic rings. The molecule has 3 aromatic carbocycles. The lowest BCUT2D eigenvalue weighted by molar-refractivity contribution is -0.127. The molecule has 148 valence electrons. The SMILES string of the molecule is CC(=O)N1N=C(c2ccccc2)N(C(C)=O)C(c2ccccc2)=C1c1ccccc1. The maximum Gasteiger partial charge on any atom is 0.244 e. The highest BCUT2D eigenvalue weighted by atomic mass is 16.2. The number of amides is 2. The molecule has 0 spiro atoms. The Morgan fingerprint density at radius 3 is 1.47 bits per heavy atom. The zero-order valence-electron chi connectivity index (χ0n) is 16.8. The molecule has 0 aromatic heterocycles. The van der Waals surface area contributed by atoms with E-state index in [0.29, 0.717) is 17.2 Å². The predicted octanol–water partition coefficient (Wildman–Crippen LogP) is 4.58. The van der Waals surface area contributed by atoms with E-state index in [2.05, 4.69) is 5.10 Å². The minimum absolute atomic E-state index is 0.187. The molecule has 0 aliphatic carbocycles. The number of hydrogen-bond donors (Lipinski definition) is 0. The molecular formula is C25H21N3O2. The Morgan fingerprint density at radius 2 is 1.03 bits per heavy atom. The van der Waals surface area contributed by atoms with E-state index in [0.717, 1.165) is 16.7 Å². The van der Waals surface area contributed by atoms with Crippen molar-refractivity contribution in [2.75, 3.05) is 0 Å². The van der Waals surface area contributed by atoms with Gasteiger partial charge >= 0.3 is 0 Å². The fourth-order valence-corrected chi connectivity index (χ4v) is 3.53. The number of benzene rings is 3. The van der Waals surface area contributed by atoms with Crippen LogP contribution in [0.5, 0.6) is 0 Å². The Labute approximate surface area is 175 Å². The summed E-state index contributed by atoms with van der Waals surface area (Å²) in [4.78, 5) is 27.2. The Hall–Kier alpha value is -3.99. The lowest BCUT2D eigenvalue weighted by atomic mass is 10.0. The van der Waals surface area contributed by atoms with E-state index in [1.54, 1.807) is 4.90 Å². The Bertz CT molecular complexity index is 1140.